The van der Waals surface area contributed by atoms with Crippen molar-refractivity contribution in [2.45, 2.75) is 19.4 Å². The molecule has 18 heavy (non-hydrogen) atoms. The molecule has 2 N–H and O–H groups in total. The van der Waals surface area contributed by atoms with Crippen LogP contribution >= 0.6 is 0 Å². The molecule has 94 valence electrons. The maximum Gasteiger partial charge on any atom is 0.279 e. The van der Waals surface area contributed by atoms with Gasteiger partial charge in [-0.05, 0) is 31.1 Å². The molecule has 1 heterocycles. The molecule has 1 aromatic heterocycles. The highest BCUT2D eigenvalue weighted by Gasteiger charge is 2.29. The van der Waals surface area contributed by atoms with Gasteiger partial charge in [0.15, 0.2) is 5.69 Å². The van der Waals surface area contributed by atoms with E-state index in [2.05, 4.69) is 20.3 Å². The third kappa shape index (κ3) is 2.54. The van der Waals surface area contributed by atoms with E-state index in [1.165, 1.54) is 13.8 Å². The van der Waals surface area contributed by atoms with Crippen LogP contribution in [-0.2, 0) is 5.60 Å². The minimum Gasteiger partial charge on any atom is -0.384 e. The van der Waals surface area contributed by atoms with Gasteiger partial charge >= 0.3 is 0 Å². The van der Waals surface area contributed by atoms with Crippen molar-refractivity contribution in [2.75, 3.05) is 5.32 Å². The Labute approximate surface area is 104 Å². The number of rotatable bonds is 3. The fourth-order valence-corrected chi connectivity index (χ4v) is 1.45. The topological polar surface area (TPSA) is 88.2 Å². The Morgan fingerprint density at radius 2 is 1.94 bits per heavy atom. The van der Waals surface area contributed by atoms with E-state index in [-0.39, 0.29) is 11.4 Å². The highest BCUT2D eigenvalue weighted by atomic mass is 16.6. The van der Waals surface area contributed by atoms with Crippen molar-refractivity contribution in [1.29, 1.82) is 0 Å². The predicted molar refractivity (Wildman–Crippen MR) is 63.9 cm³/mol. The van der Waals surface area contributed by atoms with E-state index in [9.17, 15) is 9.90 Å². The maximum absolute atomic E-state index is 12.0. The number of nitrogens with one attached hydrogen (secondary N) is 1. The summed E-state index contributed by atoms with van der Waals surface area (Å²) < 4.78 is 4.51. The van der Waals surface area contributed by atoms with Crippen molar-refractivity contribution in [3.05, 3.63) is 41.7 Å². The molecule has 2 rings (SSSR count). The predicted octanol–water partition coefficient (Wildman–Crippen LogP) is 1.55. The molecule has 0 bridgehead atoms. The van der Waals surface area contributed by atoms with E-state index in [0.29, 0.717) is 5.69 Å². The van der Waals surface area contributed by atoms with Gasteiger partial charge in [0.2, 0.25) is 0 Å². The number of aliphatic hydroxyl groups is 1. The second-order valence-electron chi connectivity index (χ2n) is 4.34. The molecule has 0 radical (unpaired) electrons. The number of aromatic nitrogens is 2. The van der Waals surface area contributed by atoms with Crippen molar-refractivity contribution >= 4 is 11.6 Å². The maximum atomic E-state index is 12.0. The molecule has 1 aromatic carbocycles. The van der Waals surface area contributed by atoms with Gasteiger partial charge in [0.1, 0.15) is 11.3 Å². The van der Waals surface area contributed by atoms with Crippen LogP contribution in [0.2, 0.25) is 0 Å². The molecular weight excluding hydrogens is 234 g/mol. The van der Waals surface area contributed by atoms with Gasteiger partial charge in [-0.1, -0.05) is 23.4 Å². The van der Waals surface area contributed by atoms with Gasteiger partial charge < -0.3 is 10.4 Å². The molecule has 0 atom stereocenters. The highest BCUT2D eigenvalue weighted by Crippen LogP contribution is 2.21. The summed E-state index contributed by atoms with van der Waals surface area (Å²) in [6, 6.07) is 8.93. The molecule has 2 aromatic rings. The molecular formula is C12H13N3O3. The van der Waals surface area contributed by atoms with Gasteiger partial charge in [0.25, 0.3) is 5.91 Å². The van der Waals surface area contributed by atoms with Crippen molar-refractivity contribution in [2.24, 2.45) is 0 Å². The molecule has 1 amide bonds. The Balaban J connectivity index is 2.23. The molecule has 0 aliphatic carbocycles. The molecule has 0 unspecified atom stereocenters. The van der Waals surface area contributed by atoms with Crippen molar-refractivity contribution in [3.63, 3.8) is 0 Å². The Morgan fingerprint density at radius 1 is 1.28 bits per heavy atom. The van der Waals surface area contributed by atoms with Crippen LogP contribution in [0, 0.1) is 0 Å². The summed E-state index contributed by atoms with van der Waals surface area (Å²) in [7, 11) is 0. The Bertz CT molecular complexity index is 543. The molecule has 6 nitrogen and oxygen atoms in total. The van der Waals surface area contributed by atoms with E-state index >= 15 is 0 Å². The highest BCUT2D eigenvalue weighted by molar-refractivity contribution is 6.03. The number of carbonyl (C=O) groups excluding carboxylic acids is 1. The second kappa shape index (κ2) is 4.58. The fraction of sp³-hybridized carbons (Fsp3) is 0.250. The molecule has 0 fully saturated rings. The van der Waals surface area contributed by atoms with Gasteiger partial charge in [0, 0.05) is 5.69 Å². The second-order valence-corrected chi connectivity index (χ2v) is 4.34. The van der Waals surface area contributed by atoms with Crippen molar-refractivity contribution in [1.82, 2.24) is 10.3 Å². The zero-order valence-corrected chi connectivity index (χ0v) is 10.0. The number of hydrogen-bond donors (Lipinski definition) is 2. The lowest BCUT2D eigenvalue weighted by Gasteiger charge is -2.13. The Kier molecular flexibility index (Phi) is 3.12. The standard InChI is InChI=1S/C12H13N3O3/c1-12(2,17)10-9(14-18-15-10)11(16)13-8-6-4-3-5-7-8/h3-7,17H,1-2H3,(H,13,16). The van der Waals surface area contributed by atoms with Crippen LogP contribution < -0.4 is 5.32 Å². The number of amides is 1. The number of carbonyl (C=O) groups is 1. The fourth-order valence-electron chi connectivity index (χ4n) is 1.45. The Morgan fingerprint density at radius 3 is 2.56 bits per heavy atom. The summed E-state index contributed by atoms with van der Waals surface area (Å²) in [5, 5.41) is 19.5. The van der Waals surface area contributed by atoms with Gasteiger partial charge in [-0.15, -0.1) is 0 Å². The zero-order valence-electron chi connectivity index (χ0n) is 10.0. The van der Waals surface area contributed by atoms with Gasteiger partial charge in [-0.3, -0.25) is 4.79 Å². The number of benzene rings is 1. The number of hydrogen-bond acceptors (Lipinski definition) is 5. The van der Waals surface area contributed by atoms with E-state index < -0.39 is 11.5 Å². The van der Waals surface area contributed by atoms with Crippen LogP contribution in [0.25, 0.3) is 0 Å². The van der Waals surface area contributed by atoms with Crippen molar-refractivity contribution < 1.29 is 14.5 Å². The summed E-state index contributed by atoms with van der Waals surface area (Å²) in [5.74, 6) is -0.473. The normalized spacial score (nSPS) is 11.3. The third-order valence-corrected chi connectivity index (χ3v) is 2.31. The molecule has 0 aliphatic rings. The van der Waals surface area contributed by atoms with Crippen LogP contribution in [0.3, 0.4) is 0 Å². The number of anilines is 1. The van der Waals surface area contributed by atoms with Gasteiger partial charge in [-0.25, -0.2) is 4.63 Å². The summed E-state index contributed by atoms with van der Waals surface area (Å²) in [6.45, 7) is 3.01. The summed E-state index contributed by atoms with van der Waals surface area (Å²) >= 11 is 0. The van der Waals surface area contributed by atoms with E-state index in [1.807, 2.05) is 6.07 Å². The molecule has 0 aliphatic heterocycles. The lowest BCUT2D eigenvalue weighted by atomic mass is 10.0. The van der Waals surface area contributed by atoms with Crippen LogP contribution in [0.1, 0.15) is 30.0 Å². The molecule has 6 heteroatoms. The van der Waals surface area contributed by atoms with E-state index in [0.717, 1.165) is 0 Å². The van der Waals surface area contributed by atoms with Gasteiger partial charge in [0.05, 0.1) is 0 Å². The van der Waals surface area contributed by atoms with Crippen LogP contribution in [0.15, 0.2) is 35.0 Å². The average molecular weight is 247 g/mol. The third-order valence-electron chi connectivity index (χ3n) is 2.31. The molecule has 0 saturated carbocycles. The van der Waals surface area contributed by atoms with Gasteiger partial charge in [-0.2, -0.15) is 0 Å². The first-order chi connectivity index (χ1) is 8.48. The van der Waals surface area contributed by atoms with E-state index in [4.69, 9.17) is 0 Å². The first-order valence-corrected chi connectivity index (χ1v) is 5.40. The quantitative estimate of drug-likeness (QED) is 0.859. The van der Waals surface area contributed by atoms with Crippen LogP contribution in [-0.4, -0.2) is 21.3 Å². The minimum absolute atomic E-state index is 0.0219. The van der Waals surface area contributed by atoms with Crippen molar-refractivity contribution in [3.8, 4) is 0 Å². The first kappa shape index (κ1) is 12.3. The first-order valence-electron chi connectivity index (χ1n) is 5.40. The Hall–Kier alpha value is -2.21. The smallest absolute Gasteiger partial charge is 0.279 e. The monoisotopic (exact) mass is 247 g/mol. The minimum atomic E-state index is -1.29. The molecule has 0 saturated heterocycles. The number of para-hydroxylation sites is 1. The SMILES string of the molecule is CC(C)(O)c1nonc1C(=O)Nc1ccccc1. The van der Waals surface area contributed by atoms with Crippen LogP contribution in [0.4, 0.5) is 5.69 Å². The summed E-state index contributed by atoms with van der Waals surface area (Å²) in [6.07, 6.45) is 0. The zero-order chi connectivity index (χ0) is 13.2. The lowest BCUT2D eigenvalue weighted by Crippen LogP contribution is -2.23. The summed E-state index contributed by atoms with van der Waals surface area (Å²) in [4.78, 5) is 12.0. The lowest BCUT2D eigenvalue weighted by molar-refractivity contribution is 0.0679. The van der Waals surface area contributed by atoms with E-state index in [1.54, 1.807) is 24.3 Å². The largest absolute Gasteiger partial charge is 0.384 e. The summed E-state index contributed by atoms with van der Waals surface area (Å²) in [5.41, 5.74) is -0.571. The average Bonchev–Trinajstić information content (AvgIpc) is 2.79. The van der Waals surface area contributed by atoms with Crippen LogP contribution in [0.5, 0.6) is 0 Å². The molecule has 0 spiro atoms. The number of nitrogens with zero attached hydrogens (tertiary/aromatic N) is 2.